The largest absolute Gasteiger partial charge is 0.522 e. The van der Waals surface area contributed by atoms with E-state index in [9.17, 15) is 22.4 Å². The van der Waals surface area contributed by atoms with E-state index in [4.69, 9.17) is 4.74 Å². The summed E-state index contributed by atoms with van der Waals surface area (Å²) in [6, 6.07) is 4.48. The minimum absolute atomic E-state index is 0.111. The molecule has 1 N–H and O–H groups in total. The van der Waals surface area contributed by atoms with Crippen molar-refractivity contribution in [2.45, 2.75) is 44.8 Å². The molecule has 0 saturated heterocycles. The van der Waals surface area contributed by atoms with Crippen LogP contribution in [0, 0.1) is 12.7 Å². The summed E-state index contributed by atoms with van der Waals surface area (Å²) in [6.07, 6.45) is -1.91. The summed E-state index contributed by atoms with van der Waals surface area (Å²) in [5.74, 6) is -0.669. The maximum Gasteiger partial charge on any atom is 0.522 e. The SMILES string of the molecule is C=C(CCNC(=O)CO[C@H]1C[C@@H](OC(F)(F)F)C1)n1cnc(-c2ccc(F)cc2C)c1. The Morgan fingerprint density at radius 3 is 2.74 bits per heavy atom. The number of hydrogen-bond donors (Lipinski definition) is 1. The molecule has 2 aromatic rings. The first kappa shape index (κ1) is 23.0. The first-order chi connectivity index (χ1) is 14.6. The van der Waals surface area contributed by atoms with Crippen LogP contribution in [0.15, 0.2) is 37.3 Å². The zero-order valence-electron chi connectivity index (χ0n) is 16.9. The van der Waals surface area contributed by atoms with Gasteiger partial charge in [-0.1, -0.05) is 6.58 Å². The number of amides is 1. The number of nitrogens with zero attached hydrogens (tertiary/aromatic N) is 2. The van der Waals surface area contributed by atoms with Crippen LogP contribution in [0.1, 0.15) is 24.8 Å². The van der Waals surface area contributed by atoms with E-state index in [1.165, 1.54) is 12.1 Å². The molecule has 31 heavy (non-hydrogen) atoms. The normalized spacial score (nSPS) is 18.5. The summed E-state index contributed by atoms with van der Waals surface area (Å²) >= 11 is 0. The molecule has 6 nitrogen and oxygen atoms in total. The van der Waals surface area contributed by atoms with Crippen molar-refractivity contribution in [3.63, 3.8) is 0 Å². The Morgan fingerprint density at radius 2 is 2.06 bits per heavy atom. The van der Waals surface area contributed by atoms with Crippen molar-refractivity contribution >= 4 is 11.6 Å². The van der Waals surface area contributed by atoms with Gasteiger partial charge in [-0.3, -0.25) is 9.53 Å². The molecule has 3 rings (SSSR count). The number of aryl methyl sites for hydroxylation is 1. The van der Waals surface area contributed by atoms with Gasteiger partial charge in [0.2, 0.25) is 5.91 Å². The van der Waals surface area contributed by atoms with E-state index >= 15 is 0 Å². The standard InChI is InChI=1S/C21H23F4N3O3/c1-13-7-15(22)3-4-18(13)19-10-28(12-27-19)14(2)5-6-26-20(29)11-30-16-8-17(9-16)31-21(23,24)25/h3-4,7,10,12,16-17H,2,5-6,8-9,11H2,1H3,(H,26,29)/t16-,17+. The van der Waals surface area contributed by atoms with Gasteiger partial charge in [0.15, 0.2) is 0 Å². The number of imidazole rings is 1. The molecule has 0 aliphatic heterocycles. The summed E-state index contributed by atoms with van der Waals surface area (Å²) in [4.78, 5) is 16.2. The zero-order valence-corrected chi connectivity index (χ0v) is 16.9. The van der Waals surface area contributed by atoms with Crippen molar-refractivity contribution in [3.8, 4) is 11.3 Å². The van der Waals surface area contributed by atoms with Gasteiger partial charge in [0.25, 0.3) is 0 Å². The Morgan fingerprint density at radius 1 is 1.32 bits per heavy atom. The first-order valence-electron chi connectivity index (χ1n) is 9.72. The number of rotatable bonds is 9. The number of nitrogens with one attached hydrogen (secondary N) is 1. The molecule has 1 fully saturated rings. The predicted molar refractivity (Wildman–Crippen MR) is 105 cm³/mol. The van der Waals surface area contributed by atoms with Crippen molar-refractivity contribution in [2.75, 3.05) is 13.2 Å². The van der Waals surface area contributed by atoms with E-state index in [1.807, 2.05) is 0 Å². The van der Waals surface area contributed by atoms with Gasteiger partial charge in [-0.15, -0.1) is 13.2 Å². The second-order valence-electron chi connectivity index (χ2n) is 7.38. The Labute approximate surface area is 176 Å². The highest BCUT2D eigenvalue weighted by Crippen LogP contribution is 2.32. The Hall–Kier alpha value is -2.72. The Balaban J connectivity index is 1.36. The summed E-state index contributed by atoms with van der Waals surface area (Å²) < 4.78 is 60.3. The molecule has 10 heteroatoms. The molecule has 1 amide bonds. The van der Waals surface area contributed by atoms with E-state index in [1.54, 1.807) is 30.1 Å². The number of halogens is 4. The minimum Gasteiger partial charge on any atom is -0.368 e. The second kappa shape index (κ2) is 9.61. The molecule has 1 aromatic carbocycles. The maximum atomic E-state index is 13.3. The van der Waals surface area contributed by atoms with Gasteiger partial charge in [-0.05, 0) is 30.7 Å². The molecule has 0 spiro atoms. The van der Waals surface area contributed by atoms with Crippen molar-refractivity contribution in [2.24, 2.45) is 0 Å². The average molecular weight is 441 g/mol. The van der Waals surface area contributed by atoms with Crippen LogP contribution in [-0.2, 0) is 14.3 Å². The zero-order chi connectivity index (χ0) is 22.6. The van der Waals surface area contributed by atoms with Crippen molar-refractivity contribution in [1.82, 2.24) is 14.9 Å². The monoisotopic (exact) mass is 441 g/mol. The number of carbonyl (C=O) groups is 1. The summed E-state index contributed by atoms with van der Waals surface area (Å²) in [6.45, 7) is 5.86. The molecule has 0 radical (unpaired) electrons. The number of carbonyl (C=O) groups excluding carboxylic acids is 1. The summed E-state index contributed by atoms with van der Waals surface area (Å²) in [5.41, 5.74) is 2.97. The number of aromatic nitrogens is 2. The third-order valence-corrected chi connectivity index (χ3v) is 4.95. The summed E-state index contributed by atoms with van der Waals surface area (Å²) in [5, 5.41) is 2.68. The van der Waals surface area contributed by atoms with Crippen LogP contribution in [0.4, 0.5) is 17.6 Å². The molecule has 1 saturated carbocycles. The lowest BCUT2D eigenvalue weighted by atomic mass is 9.92. The number of benzene rings is 1. The second-order valence-corrected chi connectivity index (χ2v) is 7.38. The fourth-order valence-electron chi connectivity index (χ4n) is 3.21. The van der Waals surface area contributed by atoms with E-state index in [0.717, 1.165) is 11.1 Å². The van der Waals surface area contributed by atoms with E-state index in [0.29, 0.717) is 24.4 Å². The van der Waals surface area contributed by atoms with Gasteiger partial charge < -0.3 is 14.6 Å². The van der Waals surface area contributed by atoms with Gasteiger partial charge in [-0.25, -0.2) is 9.37 Å². The highest BCUT2D eigenvalue weighted by atomic mass is 19.4. The van der Waals surface area contributed by atoms with Crippen molar-refractivity contribution in [3.05, 3.63) is 48.7 Å². The predicted octanol–water partition coefficient (Wildman–Crippen LogP) is 4.06. The van der Waals surface area contributed by atoms with Gasteiger partial charge in [-0.2, -0.15) is 0 Å². The fraction of sp³-hybridized carbons (Fsp3) is 0.429. The minimum atomic E-state index is -4.65. The van der Waals surface area contributed by atoms with E-state index in [-0.39, 0.29) is 31.2 Å². The molecule has 1 aliphatic carbocycles. The van der Waals surface area contributed by atoms with Gasteiger partial charge in [0.1, 0.15) is 12.4 Å². The maximum absolute atomic E-state index is 13.3. The molecule has 0 unspecified atom stereocenters. The van der Waals surface area contributed by atoms with Crippen molar-refractivity contribution < 1.29 is 31.8 Å². The van der Waals surface area contributed by atoms with Crippen LogP contribution < -0.4 is 5.32 Å². The molecule has 168 valence electrons. The number of hydrogen-bond acceptors (Lipinski definition) is 4. The Kier molecular flexibility index (Phi) is 7.11. The molecular weight excluding hydrogens is 418 g/mol. The molecule has 1 heterocycles. The lowest BCUT2D eigenvalue weighted by Gasteiger charge is -2.34. The van der Waals surface area contributed by atoms with Crippen LogP contribution >= 0.6 is 0 Å². The lowest BCUT2D eigenvalue weighted by Crippen LogP contribution is -2.42. The quantitative estimate of drug-likeness (QED) is 0.596. The number of ether oxygens (including phenoxy) is 2. The fourth-order valence-corrected chi connectivity index (χ4v) is 3.21. The lowest BCUT2D eigenvalue weighted by molar-refractivity contribution is -0.357. The molecule has 0 bridgehead atoms. The van der Waals surface area contributed by atoms with Crippen LogP contribution in [0.5, 0.6) is 0 Å². The molecule has 1 aromatic heterocycles. The first-order valence-corrected chi connectivity index (χ1v) is 9.72. The van der Waals surface area contributed by atoms with Crippen LogP contribution in [0.25, 0.3) is 17.0 Å². The molecule has 0 atom stereocenters. The van der Waals surface area contributed by atoms with Crippen LogP contribution in [-0.4, -0.2) is 47.2 Å². The van der Waals surface area contributed by atoms with E-state index in [2.05, 4.69) is 21.6 Å². The molecule has 1 aliphatic rings. The van der Waals surface area contributed by atoms with Crippen LogP contribution in [0.2, 0.25) is 0 Å². The third-order valence-electron chi connectivity index (χ3n) is 4.95. The highest BCUT2D eigenvalue weighted by molar-refractivity contribution is 5.77. The van der Waals surface area contributed by atoms with Crippen LogP contribution in [0.3, 0.4) is 0 Å². The van der Waals surface area contributed by atoms with Crippen molar-refractivity contribution in [1.29, 1.82) is 0 Å². The van der Waals surface area contributed by atoms with Gasteiger partial charge >= 0.3 is 6.36 Å². The van der Waals surface area contributed by atoms with Gasteiger partial charge in [0, 0.05) is 43.3 Å². The molecular formula is C21H23F4N3O3. The number of alkyl halides is 3. The highest BCUT2D eigenvalue weighted by Gasteiger charge is 2.40. The third kappa shape index (κ3) is 6.63. The average Bonchev–Trinajstić information content (AvgIpc) is 3.12. The smallest absolute Gasteiger partial charge is 0.368 e. The van der Waals surface area contributed by atoms with E-state index < -0.39 is 18.6 Å². The Bertz CT molecular complexity index is 936. The topological polar surface area (TPSA) is 65.4 Å². The summed E-state index contributed by atoms with van der Waals surface area (Å²) in [7, 11) is 0. The van der Waals surface area contributed by atoms with Gasteiger partial charge in [0.05, 0.1) is 24.2 Å².